The van der Waals surface area contributed by atoms with E-state index in [0.29, 0.717) is 0 Å². The van der Waals surface area contributed by atoms with Crippen molar-refractivity contribution in [3.05, 3.63) is 6.42 Å². The van der Waals surface area contributed by atoms with Gasteiger partial charge in [-0.05, 0) is 47.4 Å². The second-order valence-corrected chi connectivity index (χ2v) is 3.43. The van der Waals surface area contributed by atoms with Crippen LogP contribution in [0.4, 0.5) is 0 Å². The van der Waals surface area contributed by atoms with Gasteiger partial charge in [-0.3, -0.25) is 9.44 Å². The van der Waals surface area contributed by atoms with Gasteiger partial charge in [0, 0.05) is 71.2 Å². The zero-order valence-corrected chi connectivity index (χ0v) is 15.0. The standard InChI is InChI=1S/C24HIN/c1-2-3-4-5-6-7-8-9-10-11-12-13-14-15-16-17-18-19-20-21-22-23-24-26-25/h26H/q-1/i/hT. The van der Waals surface area contributed by atoms with E-state index in [1.54, 1.807) is 22.9 Å². The van der Waals surface area contributed by atoms with E-state index in [2.05, 4.69) is 130 Å². The minimum absolute atomic E-state index is 0.913. The summed E-state index contributed by atoms with van der Waals surface area (Å²) in [4.78, 5) is 0. The quantitative estimate of drug-likeness (QED) is 0.194. The van der Waals surface area contributed by atoms with Gasteiger partial charge in [0.1, 0.15) is 0 Å². The van der Waals surface area contributed by atoms with Crippen LogP contribution in [-0.2, 0) is 0 Å². The Hall–Kier alpha value is -4.75. The van der Waals surface area contributed by atoms with Gasteiger partial charge in [0.2, 0.25) is 0 Å². The fourth-order valence-corrected chi connectivity index (χ4v) is 0.795. The highest BCUT2D eigenvalue weighted by Gasteiger charge is 1.59. The summed E-state index contributed by atoms with van der Waals surface area (Å²) in [7, 11) is 0. The molecule has 0 fully saturated rings. The van der Waals surface area contributed by atoms with E-state index in [4.69, 9.17) is 7.84 Å². The summed E-state index contributed by atoms with van der Waals surface area (Å²) in [6.45, 7) is 0. The molecule has 110 valence electrons. The highest BCUT2D eigenvalue weighted by molar-refractivity contribution is 14.1. The molecule has 0 aliphatic heterocycles. The lowest BCUT2D eigenvalue weighted by atomic mass is 10.4. The van der Waals surface area contributed by atoms with Crippen LogP contribution in [0.3, 0.4) is 0 Å². The third-order valence-corrected chi connectivity index (χ3v) is 1.65. The number of nitrogens with one attached hydrogen (secondary N) is 1. The first-order valence-electron chi connectivity index (χ1n) is 6.59. The Morgan fingerprint density at radius 2 is 0.692 bits per heavy atom. The Kier molecular flexibility index (Phi) is 15.0. The summed E-state index contributed by atoms with van der Waals surface area (Å²) < 4.78 is 7.87. The molecule has 0 bridgehead atoms. The van der Waals surface area contributed by atoms with Crippen molar-refractivity contribution in [2.24, 2.45) is 0 Å². The van der Waals surface area contributed by atoms with E-state index in [1.807, 2.05) is 5.92 Å². The first-order chi connectivity index (χ1) is 13.3. The molecule has 0 rings (SSSR count). The summed E-state index contributed by atoms with van der Waals surface area (Å²) in [5.41, 5.74) is 0. The van der Waals surface area contributed by atoms with E-state index in [9.17, 15) is 0 Å². The second kappa shape index (κ2) is 20.2. The summed E-state index contributed by atoms with van der Waals surface area (Å²) in [6, 6.07) is 2.39. The minimum Gasteiger partial charge on any atom is -0.358 e. The van der Waals surface area contributed by atoms with Crippen molar-refractivity contribution in [1.29, 1.82) is 0 Å². The van der Waals surface area contributed by atoms with Gasteiger partial charge in [0.05, 0.1) is 22.9 Å². The normalized spacial score (nSPS) is 4.54. The monoisotopic (exact) mass is 432 g/mol. The van der Waals surface area contributed by atoms with Crippen molar-refractivity contribution in [3.8, 4) is 136 Å². The smallest absolute Gasteiger partial charge is 0.183 e. The molecule has 0 aliphatic rings. The molecule has 0 aromatic carbocycles. The molecule has 0 aromatic rings. The van der Waals surface area contributed by atoms with Gasteiger partial charge in [-0.2, -0.15) is 0 Å². The van der Waals surface area contributed by atoms with Crippen molar-refractivity contribution in [1.82, 2.24) is 3.52 Å². The van der Waals surface area contributed by atoms with Gasteiger partial charge in [-0.15, -0.1) is 5.92 Å². The number of halogens is 1. The fraction of sp³-hybridized carbons (Fsp3) is 0. The molecule has 0 aliphatic carbocycles. The van der Waals surface area contributed by atoms with Crippen molar-refractivity contribution in [2.75, 3.05) is 0 Å². The first kappa shape index (κ1) is 19.3. The van der Waals surface area contributed by atoms with Crippen molar-refractivity contribution < 1.29 is 1.41 Å². The molecule has 2 heteroatoms. The first-order valence-corrected chi connectivity index (χ1v) is 7.11. The Balaban J connectivity index is 4.42. The third kappa shape index (κ3) is 19.2. The fourth-order valence-electron chi connectivity index (χ4n) is 0.674. The van der Waals surface area contributed by atoms with Gasteiger partial charge < -0.3 is 6.42 Å². The maximum absolute atomic E-state index is 6.96. The summed E-state index contributed by atoms with van der Waals surface area (Å²) in [6.07, 6.45) is 6.52. The van der Waals surface area contributed by atoms with E-state index < -0.39 is 0 Å². The van der Waals surface area contributed by atoms with Gasteiger partial charge >= 0.3 is 0 Å². The average Bonchev–Trinajstić information content (AvgIpc) is 2.65. The zero-order valence-electron chi connectivity index (χ0n) is 13.8. The SMILES string of the molecule is [3H]N(I)C#CC#CC#CC#CC#CC#CC#CC#CC#CC#CC#CC#[C-]. The van der Waals surface area contributed by atoms with Crippen LogP contribution in [0.25, 0.3) is 0 Å². The van der Waals surface area contributed by atoms with Crippen molar-refractivity contribution >= 4 is 22.9 Å². The summed E-state index contributed by atoms with van der Waals surface area (Å²) in [5.74, 6) is 53.2. The number of rotatable bonds is 0. The largest absolute Gasteiger partial charge is 0.358 e. The zero-order chi connectivity index (χ0) is 19.8. The van der Waals surface area contributed by atoms with E-state index in [0.717, 1.165) is 3.52 Å². The number of hydrogen-bond donors (Lipinski definition) is 1. The van der Waals surface area contributed by atoms with Crippen LogP contribution >= 0.6 is 22.9 Å². The molecular weight excluding hydrogens is 429 g/mol. The molecule has 1 nitrogen and oxygen atoms in total. The molecule has 0 amide bonds. The van der Waals surface area contributed by atoms with Gasteiger partial charge in [0.15, 0.2) is 1.41 Å². The Bertz CT molecular complexity index is 1310. The Morgan fingerprint density at radius 3 is 0.923 bits per heavy atom. The molecule has 0 radical (unpaired) electrons. The minimum atomic E-state index is 0.913. The van der Waals surface area contributed by atoms with Crippen LogP contribution in [0.15, 0.2) is 0 Å². The van der Waals surface area contributed by atoms with Crippen molar-refractivity contribution in [2.45, 2.75) is 0 Å². The highest BCUT2D eigenvalue weighted by Crippen LogP contribution is 1.61. The van der Waals surface area contributed by atoms with E-state index in [-0.39, 0.29) is 0 Å². The van der Waals surface area contributed by atoms with Gasteiger partial charge in [-0.1, -0.05) is 0 Å². The lowest BCUT2D eigenvalue weighted by molar-refractivity contribution is 1.61. The van der Waals surface area contributed by atoms with Gasteiger partial charge in [-0.25, -0.2) is 5.92 Å². The van der Waals surface area contributed by atoms with Crippen LogP contribution in [0, 0.1) is 143 Å². The predicted molar refractivity (Wildman–Crippen MR) is 110 cm³/mol. The molecule has 0 aromatic heterocycles. The molecule has 0 saturated heterocycles. The molecule has 0 heterocycles. The third-order valence-electron chi connectivity index (χ3n) is 1.41. The van der Waals surface area contributed by atoms with Crippen LogP contribution in [0.2, 0.25) is 1.41 Å². The molecule has 0 unspecified atom stereocenters. The highest BCUT2D eigenvalue weighted by atomic mass is 127. The molecule has 0 spiro atoms. The topological polar surface area (TPSA) is 12.0 Å². The van der Waals surface area contributed by atoms with Crippen LogP contribution in [0.5, 0.6) is 0 Å². The van der Waals surface area contributed by atoms with Crippen LogP contribution in [-0.4, -0.2) is 0 Å². The number of hydrogen-bond acceptors (Lipinski definition) is 1. The maximum Gasteiger partial charge on any atom is 0.183 e. The maximum atomic E-state index is 6.96. The molecule has 26 heavy (non-hydrogen) atoms. The molecular formula is C24HIN-. The Morgan fingerprint density at radius 1 is 0.462 bits per heavy atom. The average molecular weight is 432 g/mol. The predicted octanol–water partition coefficient (Wildman–Crippen LogP) is 0.511. The second-order valence-electron chi connectivity index (χ2n) is 2.95. The van der Waals surface area contributed by atoms with E-state index >= 15 is 0 Å². The summed E-state index contributed by atoms with van der Waals surface area (Å²) in [5, 5.41) is 0. The van der Waals surface area contributed by atoms with Crippen molar-refractivity contribution in [3.63, 3.8) is 0 Å². The van der Waals surface area contributed by atoms with Crippen LogP contribution < -0.4 is 3.52 Å². The molecule has 1 N–H and O–H groups in total. The summed E-state index contributed by atoms with van der Waals surface area (Å²) >= 11 is 1.69. The molecule has 0 atom stereocenters. The lowest BCUT2D eigenvalue weighted by Crippen LogP contribution is -1.77. The Labute approximate surface area is 170 Å². The lowest BCUT2D eigenvalue weighted by Gasteiger charge is -1.65. The van der Waals surface area contributed by atoms with E-state index in [1.165, 1.54) is 0 Å². The van der Waals surface area contributed by atoms with Gasteiger partial charge in [0.25, 0.3) is 0 Å². The molecule has 0 saturated carbocycles. The van der Waals surface area contributed by atoms with Crippen LogP contribution in [0.1, 0.15) is 0 Å².